The molecule has 2 N–H and O–H groups in total. The van der Waals surface area contributed by atoms with Crippen LogP contribution in [0.4, 0.5) is 14.5 Å². The molecule has 2 aromatic rings. The van der Waals surface area contributed by atoms with E-state index in [0.29, 0.717) is 12.4 Å². The number of fused-ring (bicyclic) bond motifs is 1. The van der Waals surface area contributed by atoms with Gasteiger partial charge in [-0.2, -0.15) is 4.31 Å². The maximum absolute atomic E-state index is 13.9. The Balaban J connectivity index is 2.03. The van der Waals surface area contributed by atoms with Crippen LogP contribution in [0.1, 0.15) is 5.82 Å². The number of aromatic nitrogens is 2. The summed E-state index contributed by atoms with van der Waals surface area (Å²) >= 11 is 0. The summed E-state index contributed by atoms with van der Waals surface area (Å²) in [6.07, 6.45) is 3.28. The third-order valence-electron chi connectivity index (χ3n) is 3.33. The van der Waals surface area contributed by atoms with Gasteiger partial charge in [0.2, 0.25) is 10.0 Å². The van der Waals surface area contributed by atoms with Crippen molar-refractivity contribution in [1.82, 2.24) is 13.9 Å². The number of nitrogens with zero attached hydrogens (tertiary/aromatic N) is 3. The summed E-state index contributed by atoms with van der Waals surface area (Å²) in [7, 11) is -4.29. The van der Waals surface area contributed by atoms with Gasteiger partial charge in [-0.15, -0.1) is 0 Å². The van der Waals surface area contributed by atoms with Crippen LogP contribution in [0.5, 0.6) is 0 Å². The summed E-state index contributed by atoms with van der Waals surface area (Å²) in [6.45, 7) is 0.473. The Bertz CT molecular complexity index is 780. The van der Waals surface area contributed by atoms with E-state index >= 15 is 0 Å². The molecule has 0 aliphatic carbocycles. The smallest absolute Gasteiger partial charge is 0.249 e. The molecule has 0 saturated carbocycles. The van der Waals surface area contributed by atoms with Crippen LogP contribution >= 0.6 is 0 Å². The summed E-state index contributed by atoms with van der Waals surface area (Å²) in [6, 6.07) is 1.59. The van der Waals surface area contributed by atoms with Gasteiger partial charge in [-0.25, -0.2) is 22.2 Å². The first kappa shape index (κ1) is 14.0. The lowest BCUT2D eigenvalue weighted by Gasteiger charge is -2.27. The number of sulfonamides is 1. The predicted octanol–water partition coefficient (Wildman–Crippen LogP) is 0.948. The molecule has 0 saturated heterocycles. The van der Waals surface area contributed by atoms with E-state index in [2.05, 4.69) is 4.98 Å². The first-order valence-corrected chi connectivity index (χ1v) is 7.58. The van der Waals surface area contributed by atoms with Gasteiger partial charge in [0, 0.05) is 31.2 Å². The quantitative estimate of drug-likeness (QED) is 0.837. The number of benzene rings is 1. The van der Waals surface area contributed by atoms with Crippen LogP contribution in [-0.2, 0) is 23.1 Å². The maximum Gasteiger partial charge on any atom is 0.249 e. The van der Waals surface area contributed by atoms with Gasteiger partial charge in [0.25, 0.3) is 0 Å². The zero-order chi connectivity index (χ0) is 15.2. The van der Waals surface area contributed by atoms with E-state index in [9.17, 15) is 17.2 Å². The normalized spacial score (nSPS) is 15.9. The molecular weight excluding hydrogens is 302 g/mol. The number of nitrogens with two attached hydrogens (primary N) is 1. The lowest BCUT2D eigenvalue weighted by atomic mass is 10.3. The molecule has 3 rings (SSSR count). The topological polar surface area (TPSA) is 81.2 Å². The Labute approximate surface area is 119 Å². The van der Waals surface area contributed by atoms with Crippen LogP contribution in [0.3, 0.4) is 0 Å². The van der Waals surface area contributed by atoms with Crippen molar-refractivity contribution < 1.29 is 17.2 Å². The summed E-state index contributed by atoms with van der Waals surface area (Å²) in [5, 5.41) is 0. The lowest BCUT2D eigenvalue weighted by molar-refractivity contribution is 0.332. The molecular formula is C12H12F2N4O2S. The number of anilines is 1. The van der Waals surface area contributed by atoms with E-state index in [4.69, 9.17) is 5.73 Å². The molecule has 0 radical (unpaired) electrons. The number of imidazole rings is 1. The minimum Gasteiger partial charge on any atom is -0.399 e. The highest BCUT2D eigenvalue weighted by Crippen LogP contribution is 2.27. The van der Waals surface area contributed by atoms with Crippen molar-refractivity contribution in [2.75, 3.05) is 12.3 Å². The molecule has 0 fully saturated rings. The van der Waals surface area contributed by atoms with E-state index in [1.165, 1.54) is 0 Å². The van der Waals surface area contributed by atoms with Gasteiger partial charge in [0.1, 0.15) is 17.5 Å². The lowest BCUT2D eigenvalue weighted by Crippen LogP contribution is -2.39. The Morgan fingerprint density at radius 3 is 2.52 bits per heavy atom. The average Bonchev–Trinajstić information content (AvgIpc) is 2.83. The van der Waals surface area contributed by atoms with Crippen LogP contribution in [0.15, 0.2) is 29.4 Å². The van der Waals surface area contributed by atoms with E-state index < -0.39 is 26.6 Å². The molecule has 21 heavy (non-hydrogen) atoms. The fourth-order valence-electron chi connectivity index (χ4n) is 2.31. The van der Waals surface area contributed by atoms with Gasteiger partial charge in [-0.1, -0.05) is 0 Å². The second-order valence-corrected chi connectivity index (χ2v) is 6.56. The van der Waals surface area contributed by atoms with E-state index in [1.54, 1.807) is 17.0 Å². The zero-order valence-corrected chi connectivity index (χ0v) is 11.6. The minimum atomic E-state index is -4.29. The van der Waals surface area contributed by atoms with Crippen molar-refractivity contribution >= 4 is 15.7 Å². The van der Waals surface area contributed by atoms with E-state index in [-0.39, 0.29) is 18.8 Å². The molecule has 0 amide bonds. The van der Waals surface area contributed by atoms with Crippen molar-refractivity contribution in [2.45, 2.75) is 18.0 Å². The number of hydrogen-bond donors (Lipinski definition) is 1. The van der Waals surface area contributed by atoms with Crippen molar-refractivity contribution in [1.29, 1.82) is 0 Å². The number of nitrogen functional groups attached to an aromatic ring is 1. The molecule has 1 aliphatic heterocycles. The van der Waals surface area contributed by atoms with Crippen LogP contribution in [-0.4, -0.2) is 28.8 Å². The highest BCUT2D eigenvalue weighted by Gasteiger charge is 2.33. The second kappa shape index (κ2) is 4.78. The Morgan fingerprint density at radius 1 is 1.19 bits per heavy atom. The summed E-state index contributed by atoms with van der Waals surface area (Å²) in [5.74, 6) is -1.86. The van der Waals surface area contributed by atoms with Crippen LogP contribution in [0.25, 0.3) is 0 Å². The van der Waals surface area contributed by atoms with Gasteiger partial charge in [0.15, 0.2) is 4.90 Å². The van der Waals surface area contributed by atoms with Crippen LogP contribution in [0.2, 0.25) is 0 Å². The van der Waals surface area contributed by atoms with Crippen molar-refractivity contribution in [2.24, 2.45) is 0 Å². The van der Waals surface area contributed by atoms with Crippen LogP contribution < -0.4 is 5.73 Å². The fraction of sp³-hybridized carbons (Fsp3) is 0.250. The van der Waals surface area contributed by atoms with Crippen molar-refractivity contribution in [3.05, 3.63) is 42.0 Å². The molecule has 0 spiro atoms. The van der Waals surface area contributed by atoms with Crippen LogP contribution in [0, 0.1) is 11.6 Å². The first-order chi connectivity index (χ1) is 9.89. The highest BCUT2D eigenvalue weighted by atomic mass is 32.2. The Kier molecular flexibility index (Phi) is 3.18. The Morgan fingerprint density at radius 2 is 1.86 bits per heavy atom. The maximum atomic E-state index is 13.9. The second-order valence-electron chi connectivity index (χ2n) is 4.69. The van der Waals surface area contributed by atoms with Crippen molar-refractivity contribution in [3.8, 4) is 0 Å². The molecule has 112 valence electrons. The average molecular weight is 314 g/mol. The summed E-state index contributed by atoms with van der Waals surface area (Å²) < 4.78 is 55.4. The number of halogens is 2. The SMILES string of the molecule is Nc1cc(F)c(S(=O)(=O)N2CCn3ccnc3C2)c(F)c1. The number of rotatable bonds is 2. The first-order valence-electron chi connectivity index (χ1n) is 6.14. The fourth-order valence-corrected chi connectivity index (χ4v) is 3.79. The molecule has 1 aliphatic rings. The van der Waals surface area contributed by atoms with Gasteiger partial charge in [-0.3, -0.25) is 0 Å². The number of hydrogen-bond acceptors (Lipinski definition) is 4. The third kappa shape index (κ3) is 2.28. The molecule has 9 heteroatoms. The third-order valence-corrected chi connectivity index (χ3v) is 5.23. The van der Waals surface area contributed by atoms with Gasteiger partial charge in [0.05, 0.1) is 6.54 Å². The summed E-state index contributed by atoms with van der Waals surface area (Å²) in [5.41, 5.74) is 5.13. The summed E-state index contributed by atoms with van der Waals surface area (Å²) in [4.78, 5) is 3.05. The molecule has 0 bridgehead atoms. The molecule has 0 unspecified atom stereocenters. The van der Waals surface area contributed by atoms with E-state index in [1.807, 2.05) is 0 Å². The van der Waals surface area contributed by atoms with E-state index in [0.717, 1.165) is 16.4 Å². The molecule has 0 atom stereocenters. The zero-order valence-electron chi connectivity index (χ0n) is 10.8. The Hall–Kier alpha value is -2.00. The van der Waals surface area contributed by atoms with Gasteiger partial charge < -0.3 is 10.3 Å². The van der Waals surface area contributed by atoms with Crippen molar-refractivity contribution in [3.63, 3.8) is 0 Å². The molecule has 1 aromatic heterocycles. The highest BCUT2D eigenvalue weighted by molar-refractivity contribution is 7.89. The largest absolute Gasteiger partial charge is 0.399 e. The molecule has 2 heterocycles. The molecule has 1 aromatic carbocycles. The molecule has 6 nitrogen and oxygen atoms in total. The predicted molar refractivity (Wildman–Crippen MR) is 70.6 cm³/mol. The standard InChI is InChI=1S/C12H12F2N4O2S/c13-9-5-8(15)6-10(14)12(9)21(19,20)18-4-3-17-2-1-16-11(17)7-18/h1-2,5-6H,3-4,7,15H2. The van der Waals surface area contributed by atoms with Gasteiger partial charge >= 0.3 is 0 Å². The minimum absolute atomic E-state index is 0.0292. The monoisotopic (exact) mass is 314 g/mol. The van der Waals surface area contributed by atoms with Gasteiger partial charge in [-0.05, 0) is 12.1 Å².